The first-order valence-corrected chi connectivity index (χ1v) is 6.96. The van der Waals surface area contributed by atoms with Gasteiger partial charge in [0.15, 0.2) is 5.82 Å². The standard InChI is InChI=1S/C14H22N4O/c1-2-11(15)10-13(19)17-12-6-5-7-16-14(12)18-8-3-4-9-18/h5-7,11H,2-4,8-10,15H2,1H3,(H,17,19). The van der Waals surface area contributed by atoms with E-state index in [-0.39, 0.29) is 11.9 Å². The van der Waals surface area contributed by atoms with E-state index in [1.54, 1.807) is 6.20 Å². The molecule has 1 unspecified atom stereocenters. The maximum atomic E-state index is 11.9. The number of amides is 1. The summed E-state index contributed by atoms with van der Waals surface area (Å²) in [5.41, 5.74) is 6.59. The average Bonchev–Trinajstić information content (AvgIpc) is 2.93. The van der Waals surface area contributed by atoms with Crippen LogP contribution in [-0.2, 0) is 4.79 Å². The van der Waals surface area contributed by atoms with Crippen LogP contribution in [0.25, 0.3) is 0 Å². The Morgan fingerprint density at radius 3 is 2.95 bits per heavy atom. The first-order valence-electron chi connectivity index (χ1n) is 6.96. The molecule has 1 aromatic rings. The van der Waals surface area contributed by atoms with E-state index >= 15 is 0 Å². The highest BCUT2D eigenvalue weighted by molar-refractivity contribution is 5.93. The first-order chi connectivity index (χ1) is 9.20. The molecule has 0 aliphatic carbocycles. The average molecular weight is 262 g/mol. The molecule has 1 fully saturated rings. The highest BCUT2D eigenvalue weighted by Gasteiger charge is 2.18. The topological polar surface area (TPSA) is 71.2 Å². The van der Waals surface area contributed by atoms with Gasteiger partial charge in [-0.3, -0.25) is 4.79 Å². The number of hydrogen-bond acceptors (Lipinski definition) is 4. The Morgan fingerprint density at radius 2 is 2.26 bits per heavy atom. The monoisotopic (exact) mass is 262 g/mol. The van der Waals surface area contributed by atoms with Crippen molar-refractivity contribution < 1.29 is 4.79 Å². The van der Waals surface area contributed by atoms with Gasteiger partial charge in [-0.2, -0.15) is 0 Å². The molecule has 0 spiro atoms. The quantitative estimate of drug-likeness (QED) is 0.848. The van der Waals surface area contributed by atoms with Gasteiger partial charge in [-0.25, -0.2) is 4.98 Å². The summed E-state index contributed by atoms with van der Waals surface area (Å²) < 4.78 is 0. The SMILES string of the molecule is CCC(N)CC(=O)Nc1cccnc1N1CCCC1. The Hall–Kier alpha value is -1.62. The Kier molecular flexibility index (Phi) is 4.74. The largest absolute Gasteiger partial charge is 0.355 e. The summed E-state index contributed by atoms with van der Waals surface area (Å²) in [6.07, 6.45) is 5.29. The predicted molar refractivity (Wildman–Crippen MR) is 77.2 cm³/mol. The van der Waals surface area contributed by atoms with Crippen LogP contribution in [0.2, 0.25) is 0 Å². The lowest BCUT2D eigenvalue weighted by Crippen LogP contribution is -2.27. The number of hydrogen-bond donors (Lipinski definition) is 2. The minimum absolute atomic E-state index is 0.0391. The molecule has 1 aliphatic heterocycles. The van der Waals surface area contributed by atoms with Gasteiger partial charge in [0, 0.05) is 31.7 Å². The molecular weight excluding hydrogens is 240 g/mol. The molecule has 1 aliphatic rings. The lowest BCUT2D eigenvalue weighted by Gasteiger charge is -2.20. The van der Waals surface area contributed by atoms with Crippen LogP contribution in [0.3, 0.4) is 0 Å². The summed E-state index contributed by atoms with van der Waals surface area (Å²) in [5, 5.41) is 2.93. The number of nitrogens with two attached hydrogens (primary N) is 1. The molecular formula is C14H22N4O. The number of rotatable bonds is 5. The number of nitrogens with one attached hydrogen (secondary N) is 1. The fraction of sp³-hybridized carbons (Fsp3) is 0.571. The second-order valence-electron chi connectivity index (χ2n) is 4.99. The van der Waals surface area contributed by atoms with Crippen LogP contribution in [0.1, 0.15) is 32.6 Å². The fourth-order valence-electron chi connectivity index (χ4n) is 2.26. The zero-order valence-electron chi connectivity index (χ0n) is 11.4. The number of carbonyl (C=O) groups excluding carboxylic acids is 1. The summed E-state index contributed by atoms with van der Waals surface area (Å²) in [6.45, 7) is 4.00. The molecule has 5 heteroatoms. The fourth-order valence-corrected chi connectivity index (χ4v) is 2.26. The third-order valence-electron chi connectivity index (χ3n) is 3.44. The maximum absolute atomic E-state index is 11.9. The van der Waals surface area contributed by atoms with Crippen molar-refractivity contribution in [3.63, 3.8) is 0 Å². The number of aromatic nitrogens is 1. The molecule has 104 valence electrons. The van der Waals surface area contributed by atoms with E-state index in [4.69, 9.17) is 5.73 Å². The smallest absolute Gasteiger partial charge is 0.226 e. The Morgan fingerprint density at radius 1 is 1.53 bits per heavy atom. The number of carbonyl (C=O) groups is 1. The lowest BCUT2D eigenvalue weighted by molar-refractivity contribution is -0.116. The summed E-state index contributed by atoms with van der Waals surface area (Å²) in [7, 11) is 0. The summed E-state index contributed by atoms with van der Waals surface area (Å²) >= 11 is 0. The van der Waals surface area contributed by atoms with Gasteiger partial charge >= 0.3 is 0 Å². The lowest BCUT2D eigenvalue weighted by atomic mass is 10.1. The zero-order chi connectivity index (χ0) is 13.7. The van der Waals surface area contributed by atoms with Crippen molar-refractivity contribution in [2.45, 2.75) is 38.6 Å². The van der Waals surface area contributed by atoms with Crippen LogP contribution < -0.4 is 16.0 Å². The van der Waals surface area contributed by atoms with Gasteiger partial charge in [0.05, 0.1) is 5.69 Å². The molecule has 0 aromatic carbocycles. The second-order valence-corrected chi connectivity index (χ2v) is 4.99. The molecule has 0 radical (unpaired) electrons. The van der Waals surface area contributed by atoms with E-state index in [2.05, 4.69) is 15.2 Å². The van der Waals surface area contributed by atoms with Crippen molar-refractivity contribution >= 4 is 17.4 Å². The number of nitrogens with zero attached hydrogens (tertiary/aromatic N) is 2. The Bertz CT molecular complexity index is 429. The highest BCUT2D eigenvalue weighted by atomic mass is 16.1. The van der Waals surface area contributed by atoms with Gasteiger partial charge < -0.3 is 16.0 Å². The van der Waals surface area contributed by atoms with E-state index in [9.17, 15) is 4.79 Å². The summed E-state index contributed by atoms with van der Waals surface area (Å²) in [4.78, 5) is 18.5. The van der Waals surface area contributed by atoms with Crippen molar-refractivity contribution in [2.24, 2.45) is 5.73 Å². The van der Waals surface area contributed by atoms with Crippen LogP contribution in [-0.4, -0.2) is 30.0 Å². The molecule has 19 heavy (non-hydrogen) atoms. The van der Waals surface area contributed by atoms with Crippen LogP contribution >= 0.6 is 0 Å². The van der Waals surface area contributed by atoms with Crippen molar-refractivity contribution in [2.75, 3.05) is 23.3 Å². The maximum Gasteiger partial charge on any atom is 0.226 e. The van der Waals surface area contributed by atoms with Gasteiger partial charge in [-0.15, -0.1) is 0 Å². The van der Waals surface area contributed by atoms with E-state index < -0.39 is 0 Å². The van der Waals surface area contributed by atoms with Crippen LogP contribution in [0.5, 0.6) is 0 Å². The molecule has 0 bridgehead atoms. The summed E-state index contributed by atoms with van der Waals surface area (Å²) in [5.74, 6) is 0.834. The molecule has 1 saturated heterocycles. The molecule has 0 saturated carbocycles. The predicted octanol–water partition coefficient (Wildman–Crippen LogP) is 1.75. The molecule has 3 N–H and O–H groups in total. The van der Waals surface area contributed by atoms with Gasteiger partial charge in [-0.05, 0) is 31.4 Å². The highest BCUT2D eigenvalue weighted by Crippen LogP contribution is 2.26. The number of anilines is 2. The first kappa shape index (κ1) is 13.8. The van der Waals surface area contributed by atoms with Crippen molar-refractivity contribution in [3.8, 4) is 0 Å². The van der Waals surface area contributed by atoms with Crippen LogP contribution in [0, 0.1) is 0 Å². The van der Waals surface area contributed by atoms with E-state index in [1.165, 1.54) is 12.8 Å². The van der Waals surface area contributed by atoms with Gasteiger partial charge in [-0.1, -0.05) is 6.92 Å². The van der Waals surface area contributed by atoms with Gasteiger partial charge in [0.2, 0.25) is 5.91 Å². The van der Waals surface area contributed by atoms with E-state index in [0.29, 0.717) is 6.42 Å². The second kappa shape index (κ2) is 6.52. The normalized spacial score (nSPS) is 16.4. The minimum Gasteiger partial charge on any atom is -0.355 e. The van der Waals surface area contributed by atoms with Gasteiger partial charge in [0.1, 0.15) is 0 Å². The molecule has 2 rings (SSSR count). The molecule has 1 amide bonds. The minimum atomic E-state index is -0.0769. The number of pyridine rings is 1. The third-order valence-corrected chi connectivity index (χ3v) is 3.44. The third kappa shape index (κ3) is 3.67. The molecule has 1 aromatic heterocycles. The Labute approximate surface area is 114 Å². The van der Waals surface area contributed by atoms with Gasteiger partial charge in [0.25, 0.3) is 0 Å². The Balaban J connectivity index is 2.05. The molecule has 5 nitrogen and oxygen atoms in total. The molecule has 2 heterocycles. The zero-order valence-corrected chi connectivity index (χ0v) is 11.4. The van der Waals surface area contributed by atoms with Crippen LogP contribution in [0.4, 0.5) is 11.5 Å². The van der Waals surface area contributed by atoms with Crippen molar-refractivity contribution in [3.05, 3.63) is 18.3 Å². The summed E-state index contributed by atoms with van der Waals surface area (Å²) in [6, 6.07) is 3.66. The van der Waals surface area contributed by atoms with Crippen LogP contribution in [0.15, 0.2) is 18.3 Å². The van der Waals surface area contributed by atoms with E-state index in [1.807, 2.05) is 19.1 Å². The van der Waals surface area contributed by atoms with Crippen molar-refractivity contribution in [1.29, 1.82) is 0 Å². The van der Waals surface area contributed by atoms with Crippen molar-refractivity contribution in [1.82, 2.24) is 4.98 Å². The molecule has 1 atom stereocenters. The van der Waals surface area contributed by atoms with E-state index in [0.717, 1.165) is 31.0 Å².